The van der Waals surface area contributed by atoms with Crippen LogP contribution in [0.5, 0.6) is 0 Å². The smallest absolute Gasteiger partial charge is 0.322 e. The highest BCUT2D eigenvalue weighted by molar-refractivity contribution is 7.13. The maximum atomic E-state index is 12.8. The van der Waals surface area contributed by atoms with Gasteiger partial charge in [0.15, 0.2) is 0 Å². The minimum atomic E-state index is -0.341. The highest BCUT2D eigenvalue weighted by Gasteiger charge is 2.35. The fourth-order valence-corrected chi connectivity index (χ4v) is 4.23. The monoisotopic (exact) mass is 408 g/mol. The molecule has 0 saturated carbocycles. The summed E-state index contributed by atoms with van der Waals surface area (Å²) in [6.07, 6.45) is 0.858. The maximum absolute atomic E-state index is 12.8. The normalized spacial score (nSPS) is 17.0. The van der Waals surface area contributed by atoms with E-state index in [9.17, 15) is 4.79 Å². The van der Waals surface area contributed by atoms with E-state index in [1.165, 1.54) is 11.1 Å². The predicted octanol–water partition coefficient (Wildman–Crippen LogP) is 5.32. The Bertz CT molecular complexity index is 1070. The van der Waals surface area contributed by atoms with Gasteiger partial charge in [-0.2, -0.15) is 4.98 Å². The predicted molar refractivity (Wildman–Crippen MR) is 114 cm³/mol. The molecule has 0 spiro atoms. The van der Waals surface area contributed by atoms with E-state index in [-0.39, 0.29) is 12.1 Å². The zero-order valence-electron chi connectivity index (χ0n) is 17.0. The molecule has 1 unspecified atom stereocenters. The standard InChI is InChI=1S/C22H24N4O2S/c1-5-10-26-15(4)18(21-24-20(25-28-21)17-7-6-11-29-17)19(23-22(26)27)16-9-8-13(2)14(3)12-16/h6-9,11-12,19H,5,10H2,1-4H3,(H,23,27). The number of aryl methyl sites for hydroxylation is 2. The number of urea groups is 1. The van der Waals surface area contributed by atoms with Gasteiger partial charge < -0.3 is 9.84 Å². The molecule has 1 aliphatic rings. The Kier molecular flexibility index (Phi) is 5.24. The number of carbonyl (C=O) groups excluding carboxylic acids is 1. The number of amides is 2. The van der Waals surface area contributed by atoms with E-state index < -0.39 is 0 Å². The first-order valence-corrected chi connectivity index (χ1v) is 10.6. The van der Waals surface area contributed by atoms with Crippen LogP contribution in [-0.4, -0.2) is 27.6 Å². The second-order valence-corrected chi connectivity index (χ2v) is 8.23. The molecule has 0 saturated heterocycles. The highest BCUT2D eigenvalue weighted by atomic mass is 32.1. The van der Waals surface area contributed by atoms with Crippen molar-refractivity contribution in [1.82, 2.24) is 20.4 Å². The lowest BCUT2D eigenvalue weighted by atomic mass is 9.92. The molecule has 1 aromatic carbocycles. The number of thiophene rings is 1. The summed E-state index contributed by atoms with van der Waals surface area (Å²) in [5.74, 6) is 1.00. The molecule has 7 heteroatoms. The molecule has 0 radical (unpaired) electrons. The average molecular weight is 409 g/mol. The van der Waals surface area contributed by atoms with Gasteiger partial charge in [-0.3, -0.25) is 4.90 Å². The molecule has 29 heavy (non-hydrogen) atoms. The van der Waals surface area contributed by atoms with Crippen LogP contribution in [0.15, 0.2) is 45.9 Å². The van der Waals surface area contributed by atoms with Gasteiger partial charge in [-0.25, -0.2) is 4.79 Å². The molecule has 3 aromatic rings. The number of nitrogens with zero attached hydrogens (tertiary/aromatic N) is 3. The van der Waals surface area contributed by atoms with Crippen molar-refractivity contribution < 1.29 is 9.32 Å². The summed E-state index contributed by atoms with van der Waals surface area (Å²) in [5.41, 5.74) is 5.08. The van der Waals surface area contributed by atoms with Gasteiger partial charge >= 0.3 is 6.03 Å². The lowest BCUT2D eigenvalue weighted by Crippen LogP contribution is -2.46. The largest absolute Gasteiger partial charge is 0.334 e. The van der Waals surface area contributed by atoms with Gasteiger partial charge in [-0.1, -0.05) is 36.3 Å². The first-order valence-electron chi connectivity index (χ1n) is 9.73. The van der Waals surface area contributed by atoms with E-state index in [2.05, 4.69) is 48.4 Å². The van der Waals surface area contributed by atoms with Crippen molar-refractivity contribution in [3.05, 3.63) is 64.0 Å². The number of aromatic nitrogens is 2. The van der Waals surface area contributed by atoms with E-state index >= 15 is 0 Å². The average Bonchev–Trinajstić information content (AvgIpc) is 3.38. The minimum Gasteiger partial charge on any atom is -0.334 e. The Labute approximate surface area is 174 Å². The highest BCUT2D eigenvalue weighted by Crippen LogP contribution is 2.38. The molecule has 1 N–H and O–H groups in total. The lowest BCUT2D eigenvalue weighted by molar-refractivity contribution is 0.205. The van der Waals surface area contributed by atoms with Gasteiger partial charge in [0.05, 0.1) is 16.5 Å². The zero-order chi connectivity index (χ0) is 20.5. The van der Waals surface area contributed by atoms with Crippen LogP contribution in [0, 0.1) is 13.8 Å². The molecule has 0 fully saturated rings. The Balaban J connectivity index is 1.83. The van der Waals surface area contributed by atoms with Crippen LogP contribution in [-0.2, 0) is 0 Å². The summed E-state index contributed by atoms with van der Waals surface area (Å²) in [7, 11) is 0. The first-order chi connectivity index (χ1) is 14.0. The topological polar surface area (TPSA) is 71.3 Å². The van der Waals surface area contributed by atoms with Gasteiger partial charge in [0.25, 0.3) is 5.89 Å². The summed E-state index contributed by atoms with van der Waals surface area (Å²) in [6, 6.07) is 9.72. The van der Waals surface area contributed by atoms with Crippen LogP contribution in [0.3, 0.4) is 0 Å². The molecule has 3 heterocycles. The number of benzene rings is 1. The van der Waals surface area contributed by atoms with Crippen LogP contribution in [0.2, 0.25) is 0 Å². The Morgan fingerprint density at radius 1 is 1.21 bits per heavy atom. The third-order valence-electron chi connectivity index (χ3n) is 5.31. The van der Waals surface area contributed by atoms with Gasteiger partial charge in [-0.15, -0.1) is 11.3 Å². The molecular formula is C22H24N4O2S. The van der Waals surface area contributed by atoms with E-state index in [0.29, 0.717) is 18.3 Å². The first kappa shape index (κ1) is 19.4. The quantitative estimate of drug-likeness (QED) is 0.620. The van der Waals surface area contributed by atoms with Crippen molar-refractivity contribution in [2.75, 3.05) is 6.54 Å². The molecule has 2 amide bonds. The molecule has 150 valence electrons. The minimum absolute atomic E-state index is 0.102. The Hall–Kier alpha value is -2.93. The number of hydrogen-bond acceptors (Lipinski definition) is 5. The van der Waals surface area contributed by atoms with Gasteiger partial charge in [-0.05, 0) is 55.3 Å². The summed E-state index contributed by atoms with van der Waals surface area (Å²) in [4.78, 5) is 20.2. The summed E-state index contributed by atoms with van der Waals surface area (Å²) in [5, 5.41) is 9.30. The van der Waals surface area contributed by atoms with E-state index in [1.807, 2.05) is 30.5 Å². The summed E-state index contributed by atoms with van der Waals surface area (Å²) < 4.78 is 5.68. The summed E-state index contributed by atoms with van der Waals surface area (Å²) in [6.45, 7) is 8.79. The number of hydrogen-bond donors (Lipinski definition) is 1. The van der Waals surface area contributed by atoms with E-state index in [1.54, 1.807) is 16.2 Å². The third-order valence-corrected chi connectivity index (χ3v) is 6.17. The van der Waals surface area contributed by atoms with Crippen LogP contribution < -0.4 is 5.32 Å². The van der Waals surface area contributed by atoms with Gasteiger partial charge in [0, 0.05) is 12.2 Å². The Morgan fingerprint density at radius 2 is 2.03 bits per heavy atom. The molecule has 6 nitrogen and oxygen atoms in total. The van der Waals surface area contributed by atoms with Crippen LogP contribution >= 0.6 is 11.3 Å². The van der Waals surface area contributed by atoms with Gasteiger partial charge in [0.1, 0.15) is 0 Å². The summed E-state index contributed by atoms with van der Waals surface area (Å²) >= 11 is 1.57. The molecule has 1 aliphatic heterocycles. The second kappa shape index (κ2) is 7.83. The van der Waals surface area contributed by atoms with E-state index in [0.717, 1.165) is 28.1 Å². The molecular weight excluding hydrogens is 384 g/mol. The fraction of sp³-hybridized carbons (Fsp3) is 0.318. The number of carbonyl (C=O) groups is 1. The van der Waals surface area contributed by atoms with E-state index in [4.69, 9.17) is 4.52 Å². The second-order valence-electron chi connectivity index (χ2n) is 7.28. The molecule has 0 bridgehead atoms. The van der Waals surface area contributed by atoms with Crippen molar-refractivity contribution >= 4 is 22.9 Å². The lowest BCUT2D eigenvalue weighted by Gasteiger charge is -2.35. The third kappa shape index (κ3) is 3.58. The van der Waals surface area contributed by atoms with Crippen molar-refractivity contribution in [3.63, 3.8) is 0 Å². The number of rotatable bonds is 5. The molecule has 0 aliphatic carbocycles. The maximum Gasteiger partial charge on any atom is 0.322 e. The fourth-order valence-electron chi connectivity index (χ4n) is 3.58. The molecule has 4 rings (SSSR count). The Morgan fingerprint density at radius 3 is 2.72 bits per heavy atom. The van der Waals surface area contributed by atoms with Crippen molar-refractivity contribution in [1.29, 1.82) is 0 Å². The molecule has 1 atom stereocenters. The van der Waals surface area contributed by atoms with Crippen molar-refractivity contribution in [2.24, 2.45) is 0 Å². The number of allylic oxidation sites excluding steroid dienone is 1. The SMILES string of the molecule is CCCN1C(=O)NC(c2ccc(C)c(C)c2)C(c2nc(-c3cccs3)no2)=C1C. The molecule has 2 aromatic heterocycles. The van der Waals surface area contributed by atoms with Crippen molar-refractivity contribution in [2.45, 2.75) is 40.2 Å². The zero-order valence-corrected chi connectivity index (χ0v) is 17.8. The number of nitrogens with one attached hydrogen (secondary N) is 1. The van der Waals surface area contributed by atoms with Crippen LogP contribution in [0.1, 0.15) is 48.9 Å². The van der Waals surface area contributed by atoms with Crippen LogP contribution in [0.25, 0.3) is 16.3 Å². The van der Waals surface area contributed by atoms with Crippen LogP contribution in [0.4, 0.5) is 4.79 Å². The van der Waals surface area contributed by atoms with Crippen molar-refractivity contribution in [3.8, 4) is 10.7 Å². The van der Waals surface area contributed by atoms with Gasteiger partial charge in [0.2, 0.25) is 5.82 Å².